The highest BCUT2D eigenvalue weighted by molar-refractivity contribution is 5.93. The van der Waals surface area contributed by atoms with Gasteiger partial charge in [0.1, 0.15) is 40.4 Å². The molecule has 0 saturated carbocycles. The zero-order chi connectivity index (χ0) is 28.0. The fourth-order valence-electron chi connectivity index (χ4n) is 4.12. The lowest BCUT2D eigenvalue weighted by atomic mass is 10.1. The molecule has 1 atom stereocenters. The first-order valence-electron chi connectivity index (χ1n) is 12.7. The number of benzene rings is 2. The molecule has 0 bridgehead atoms. The van der Waals surface area contributed by atoms with Crippen molar-refractivity contribution in [3.05, 3.63) is 72.2 Å². The first-order chi connectivity index (χ1) is 18.6. The van der Waals surface area contributed by atoms with Crippen molar-refractivity contribution in [3.63, 3.8) is 0 Å². The number of amides is 1. The molecule has 10 heteroatoms. The summed E-state index contributed by atoms with van der Waals surface area (Å²) in [6.45, 7) is 6.08. The molecule has 1 aromatic heterocycles. The summed E-state index contributed by atoms with van der Waals surface area (Å²) in [5.74, 6) is 0.324. The number of nitrogens with zero attached hydrogens (tertiary/aromatic N) is 2. The number of aromatic nitrogens is 1. The molecule has 9 nitrogen and oxygen atoms in total. The number of alkyl carbamates (subject to hydrolysis) is 1. The smallest absolute Gasteiger partial charge is 0.409 e. The molecule has 39 heavy (non-hydrogen) atoms. The van der Waals surface area contributed by atoms with E-state index in [1.165, 1.54) is 19.2 Å². The van der Waals surface area contributed by atoms with Crippen LogP contribution in [0.2, 0.25) is 0 Å². The van der Waals surface area contributed by atoms with Crippen LogP contribution < -0.4 is 19.7 Å². The van der Waals surface area contributed by atoms with Crippen molar-refractivity contribution in [2.75, 3.05) is 18.6 Å². The molecule has 1 aliphatic heterocycles. The van der Waals surface area contributed by atoms with Crippen LogP contribution in [-0.2, 0) is 9.47 Å². The van der Waals surface area contributed by atoms with E-state index in [0.29, 0.717) is 29.5 Å². The second kappa shape index (κ2) is 12.0. The number of methoxy groups -OCH3 is 1. The summed E-state index contributed by atoms with van der Waals surface area (Å²) < 4.78 is 35.4. The predicted molar refractivity (Wildman–Crippen MR) is 143 cm³/mol. The van der Waals surface area contributed by atoms with Crippen LogP contribution in [0.25, 0.3) is 0 Å². The molecule has 2 aromatic carbocycles. The van der Waals surface area contributed by atoms with Crippen molar-refractivity contribution in [1.29, 1.82) is 0 Å². The maximum Gasteiger partial charge on any atom is 0.409 e. The van der Waals surface area contributed by atoms with E-state index >= 15 is 0 Å². The summed E-state index contributed by atoms with van der Waals surface area (Å²) in [5, 5.41) is 2.92. The van der Waals surface area contributed by atoms with Gasteiger partial charge in [0.15, 0.2) is 0 Å². The Kier molecular flexibility index (Phi) is 8.53. The van der Waals surface area contributed by atoms with Gasteiger partial charge in [0.2, 0.25) is 5.88 Å². The Bertz CT molecular complexity index is 1310. The minimum atomic E-state index is -0.619. The third kappa shape index (κ3) is 7.59. The van der Waals surface area contributed by atoms with Gasteiger partial charge in [-0.25, -0.2) is 19.0 Å². The highest BCUT2D eigenvalue weighted by Crippen LogP contribution is 2.31. The van der Waals surface area contributed by atoms with E-state index in [9.17, 15) is 14.0 Å². The van der Waals surface area contributed by atoms with Crippen molar-refractivity contribution in [1.82, 2.24) is 10.3 Å². The number of carbonyl (C=O) groups is 2. The van der Waals surface area contributed by atoms with Gasteiger partial charge in [-0.1, -0.05) is 6.07 Å². The molecule has 3 aromatic rings. The lowest BCUT2D eigenvalue weighted by Crippen LogP contribution is -2.52. The highest BCUT2D eigenvalue weighted by Gasteiger charge is 2.28. The standard InChI is InChI=1S/C29H32FN3O6/c1-29(2,3)39-28(35)32-25-10-5-6-15-33(25)20-17-24(27(34)36-4)26(31-18-20)38-22-13-11-21(12-14-22)37-23-9-7-8-19(30)16-23/h7-9,11-14,16-18,25H,5-6,10,15H2,1-4H3,(H,32,35). The van der Waals surface area contributed by atoms with Gasteiger partial charge < -0.3 is 29.2 Å². The van der Waals surface area contributed by atoms with Gasteiger partial charge in [-0.15, -0.1) is 0 Å². The predicted octanol–water partition coefficient (Wildman–Crippen LogP) is 6.43. The van der Waals surface area contributed by atoms with Crippen LogP contribution in [0.5, 0.6) is 23.1 Å². The first kappa shape index (κ1) is 27.7. The van der Waals surface area contributed by atoms with Crippen LogP contribution in [0.4, 0.5) is 14.9 Å². The second-order valence-electron chi connectivity index (χ2n) is 10.0. The quantitative estimate of drug-likeness (QED) is 0.344. The Balaban J connectivity index is 1.52. The molecule has 1 aliphatic rings. The van der Waals surface area contributed by atoms with E-state index in [4.69, 9.17) is 18.9 Å². The van der Waals surface area contributed by atoms with E-state index in [0.717, 1.165) is 19.3 Å². The summed E-state index contributed by atoms with van der Waals surface area (Å²) in [6, 6.07) is 14.1. The number of pyridine rings is 1. The molecule has 0 spiro atoms. The summed E-state index contributed by atoms with van der Waals surface area (Å²) in [7, 11) is 1.28. The minimum Gasteiger partial charge on any atom is -0.465 e. The fourth-order valence-corrected chi connectivity index (χ4v) is 4.12. The van der Waals surface area contributed by atoms with Crippen LogP contribution in [0.3, 0.4) is 0 Å². The third-order valence-corrected chi connectivity index (χ3v) is 5.83. The highest BCUT2D eigenvalue weighted by atomic mass is 19.1. The summed E-state index contributed by atoms with van der Waals surface area (Å²) in [5.41, 5.74) is 0.158. The number of nitrogens with one attached hydrogen (secondary N) is 1. The van der Waals surface area contributed by atoms with Gasteiger partial charge in [0.25, 0.3) is 0 Å². The average Bonchev–Trinajstić information content (AvgIpc) is 2.89. The molecule has 1 N–H and O–H groups in total. The largest absolute Gasteiger partial charge is 0.465 e. The monoisotopic (exact) mass is 537 g/mol. The Morgan fingerprint density at radius 1 is 1.00 bits per heavy atom. The van der Waals surface area contributed by atoms with Gasteiger partial charge in [0.05, 0.1) is 19.0 Å². The molecule has 1 amide bonds. The lowest BCUT2D eigenvalue weighted by Gasteiger charge is -2.38. The van der Waals surface area contributed by atoms with Crippen molar-refractivity contribution < 1.29 is 32.9 Å². The molecule has 0 aliphatic carbocycles. The molecule has 206 valence electrons. The van der Waals surface area contributed by atoms with Gasteiger partial charge in [-0.3, -0.25) is 0 Å². The number of hydrogen-bond donors (Lipinski definition) is 1. The van der Waals surface area contributed by atoms with Gasteiger partial charge in [0, 0.05) is 12.6 Å². The Morgan fingerprint density at radius 2 is 1.72 bits per heavy atom. The number of rotatable bonds is 7. The number of hydrogen-bond acceptors (Lipinski definition) is 8. The van der Waals surface area contributed by atoms with E-state index in [1.54, 1.807) is 48.7 Å². The van der Waals surface area contributed by atoms with Crippen molar-refractivity contribution in [3.8, 4) is 23.1 Å². The zero-order valence-corrected chi connectivity index (χ0v) is 22.4. The van der Waals surface area contributed by atoms with Crippen LogP contribution in [0.1, 0.15) is 50.4 Å². The summed E-state index contributed by atoms with van der Waals surface area (Å²) in [4.78, 5) is 31.5. The maximum atomic E-state index is 13.4. The normalized spacial score (nSPS) is 15.3. The number of carbonyl (C=O) groups excluding carboxylic acids is 2. The molecule has 2 heterocycles. The van der Waals surface area contributed by atoms with E-state index in [1.807, 2.05) is 25.7 Å². The molecule has 1 fully saturated rings. The van der Waals surface area contributed by atoms with Crippen LogP contribution >= 0.6 is 0 Å². The van der Waals surface area contributed by atoms with Crippen molar-refractivity contribution in [2.45, 2.75) is 51.8 Å². The topological polar surface area (TPSA) is 99.2 Å². The number of esters is 1. The van der Waals surface area contributed by atoms with E-state index in [2.05, 4.69) is 10.3 Å². The van der Waals surface area contributed by atoms with Gasteiger partial charge >= 0.3 is 12.1 Å². The average molecular weight is 538 g/mol. The maximum absolute atomic E-state index is 13.4. The van der Waals surface area contributed by atoms with Gasteiger partial charge in [-0.2, -0.15) is 0 Å². The van der Waals surface area contributed by atoms with Crippen LogP contribution in [0, 0.1) is 5.82 Å². The van der Waals surface area contributed by atoms with Gasteiger partial charge in [-0.05, 0) is 82.5 Å². The SMILES string of the molecule is COC(=O)c1cc(N2CCCCC2NC(=O)OC(C)(C)C)cnc1Oc1ccc(Oc2cccc(F)c2)cc1. The zero-order valence-electron chi connectivity index (χ0n) is 22.4. The van der Waals surface area contributed by atoms with Crippen LogP contribution in [0.15, 0.2) is 60.8 Å². The molecule has 1 saturated heterocycles. The molecule has 1 unspecified atom stereocenters. The van der Waals surface area contributed by atoms with Crippen LogP contribution in [-0.4, -0.2) is 42.5 Å². The number of ether oxygens (including phenoxy) is 4. The van der Waals surface area contributed by atoms with E-state index in [-0.39, 0.29) is 17.6 Å². The second-order valence-corrected chi connectivity index (χ2v) is 10.0. The Hall–Kier alpha value is -4.34. The number of anilines is 1. The molecular formula is C29H32FN3O6. The minimum absolute atomic E-state index is 0.0676. The number of piperidine rings is 1. The molecule has 0 radical (unpaired) electrons. The molecular weight excluding hydrogens is 505 g/mol. The third-order valence-electron chi connectivity index (χ3n) is 5.83. The summed E-state index contributed by atoms with van der Waals surface area (Å²) >= 11 is 0. The summed E-state index contributed by atoms with van der Waals surface area (Å²) in [6.07, 6.45) is 3.34. The van der Waals surface area contributed by atoms with E-state index < -0.39 is 23.5 Å². The first-order valence-corrected chi connectivity index (χ1v) is 12.7. The Labute approximate surface area is 226 Å². The van der Waals surface area contributed by atoms with Crippen molar-refractivity contribution in [2.24, 2.45) is 0 Å². The van der Waals surface area contributed by atoms with Crippen molar-refractivity contribution >= 4 is 17.7 Å². The lowest BCUT2D eigenvalue weighted by molar-refractivity contribution is 0.0494. The number of halogens is 1. The fraction of sp³-hybridized carbons (Fsp3) is 0.345. The molecule has 4 rings (SSSR count). The Morgan fingerprint density at radius 3 is 2.38 bits per heavy atom.